The van der Waals surface area contributed by atoms with Crippen LogP contribution in [-0.4, -0.2) is 41.0 Å². The maximum Gasteiger partial charge on any atom is 0.160 e. The number of hydrogen-bond donors (Lipinski definition) is 0. The van der Waals surface area contributed by atoms with Crippen LogP contribution >= 0.6 is 0 Å². The lowest BCUT2D eigenvalue weighted by molar-refractivity contribution is 0.0591. The first-order chi connectivity index (χ1) is 10.4. The topological polar surface area (TPSA) is 49.2 Å². The number of pyridine rings is 1. The number of hydrogen-bond acceptors (Lipinski definition) is 4. The zero-order valence-electron chi connectivity index (χ0n) is 12.2. The molecule has 5 nitrogen and oxygen atoms in total. The maximum atomic E-state index is 5.68. The smallest absolute Gasteiger partial charge is 0.160 e. The highest BCUT2D eigenvalue weighted by molar-refractivity contribution is 5.71. The molecule has 0 saturated carbocycles. The van der Waals surface area contributed by atoms with Crippen LogP contribution in [0.5, 0.6) is 0 Å². The first-order valence-corrected chi connectivity index (χ1v) is 7.89. The molecule has 2 atom stereocenters. The Balaban J connectivity index is 1.72. The third kappa shape index (κ3) is 2.56. The zero-order valence-corrected chi connectivity index (χ0v) is 12.2. The molecule has 21 heavy (non-hydrogen) atoms. The molecule has 0 aromatic carbocycles. The van der Waals surface area contributed by atoms with Gasteiger partial charge in [-0.05, 0) is 37.3 Å². The first-order valence-electron chi connectivity index (χ1n) is 7.89. The summed E-state index contributed by atoms with van der Waals surface area (Å²) in [5.74, 6) is 1.74. The molecule has 0 radical (unpaired) electrons. The zero-order chi connectivity index (χ0) is 14.1. The van der Waals surface area contributed by atoms with Crippen molar-refractivity contribution >= 4 is 11.2 Å². The van der Waals surface area contributed by atoms with E-state index in [1.807, 2.05) is 12.3 Å². The molecule has 2 fully saturated rings. The molecule has 2 aliphatic heterocycles. The molecule has 2 aliphatic rings. The molecule has 4 rings (SSSR count). The Kier molecular flexibility index (Phi) is 3.61. The minimum Gasteiger partial charge on any atom is -0.381 e. The molecule has 0 N–H and O–H groups in total. The van der Waals surface area contributed by atoms with Crippen molar-refractivity contribution in [1.29, 1.82) is 0 Å². The van der Waals surface area contributed by atoms with Gasteiger partial charge in [-0.25, -0.2) is 9.97 Å². The summed E-state index contributed by atoms with van der Waals surface area (Å²) in [6.45, 7) is 3.39. The van der Waals surface area contributed by atoms with Gasteiger partial charge in [-0.15, -0.1) is 0 Å². The van der Waals surface area contributed by atoms with Gasteiger partial charge in [-0.1, -0.05) is 0 Å². The second kappa shape index (κ2) is 5.73. The van der Waals surface area contributed by atoms with Crippen molar-refractivity contribution < 1.29 is 9.47 Å². The van der Waals surface area contributed by atoms with E-state index in [0.717, 1.165) is 69.1 Å². The summed E-state index contributed by atoms with van der Waals surface area (Å²) >= 11 is 0. The number of aromatic nitrogens is 3. The van der Waals surface area contributed by atoms with Crippen LogP contribution in [0.4, 0.5) is 0 Å². The molecule has 2 saturated heterocycles. The normalized spacial score (nSPS) is 26.5. The van der Waals surface area contributed by atoms with Gasteiger partial charge >= 0.3 is 0 Å². The standard InChI is InChI=1S/C16H21N3O2/c1-4-14-16(17-6-1)19(13-3-2-7-20-11-13)15(18-14)9-12-5-8-21-10-12/h1,4,6,12-13H,2-3,5,7-11H2. The third-order valence-corrected chi connectivity index (χ3v) is 4.52. The van der Waals surface area contributed by atoms with Crippen LogP contribution in [0.1, 0.15) is 31.1 Å². The predicted molar refractivity (Wildman–Crippen MR) is 79.2 cm³/mol. The summed E-state index contributed by atoms with van der Waals surface area (Å²) in [6.07, 6.45) is 6.23. The number of imidazole rings is 1. The van der Waals surface area contributed by atoms with E-state index in [0.29, 0.717) is 12.0 Å². The molecule has 4 heterocycles. The number of rotatable bonds is 3. The SMILES string of the molecule is c1cnc2c(c1)nc(CC1CCOC1)n2C1CCCOC1. The molecular weight excluding hydrogens is 266 g/mol. The summed E-state index contributed by atoms with van der Waals surface area (Å²) in [4.78, 5) is 9.41. The van der Waals surface area contributed by atoms with Crippen LogP contribution in [0, 0.1) is 5.92 Å². The molecule has 2 unspecified atom stereocenters. The van der Waals surface area contributed by atoms with Gasteiger partial charge in [0.25, 0.3) is 0 Å². The van der Waals surface area contributed by atoms with Crippen LogP contribution in [0.15, 0.2) is 18.3 Å². The molecule has 0 aliphatic carbocycles. The van der Waals surface area contributed by atoms with Crippen molar-refractivity contribution in [3.63, 3.8) is 0 Å². The third-order valence-electron chi connectivity index (χ3n) is 4.52. The minimum atomic E-state index is 0.371. The van der Waals surface area contributed by atoms with Gasteiger partial charge in [0.15, 0.2) is 5.65 Å². The van der Waals surface area contributed by atoms with Crippen LogP contribution in [0.2, 0.25) is 0 Å². The molecular formula is C16H21N3O2. The molecule has 0 spiro atoms. The summed E-state index contributed by atoms with van der Waals surface area (Å²) in [6, 6.07) is 4.38. The van der Waals surface area contributed by atoms with E-state index in [4.69, 9.17) is 14.5 Å². The van der Waals surface area contributed by atoms with Gasteiger partial charge in [0, 0.05) is 32.4 Å². The van der Waals surface area contributed by atoms with E-state index < -0.39 is 0 Å². The van der Waals surface area contributed by atoms with Crippen LogP contribution in [0.25, 0.3) is 11.2 Å². The lowest BCUT2D eigenvalue weighted by Crippen LogP contribution is -2.24. The van der Waals surface area contributed by atoms with Crippen LogP contribution in [-0.2, 0) is 15.9 Å². The maximum absolute atomic E-state index is 5.68. The highest BCUT2D eigenvalue weighted by atomic mass is 16.5. The van der Waals surface area contributed by atoms with Crippen molar-refractivity contribution in [3.8, 4) is 0 Å². The Morgan fingerprint density at radius 2 is 2.14 bits per heavy atom. The Labute approximate surface area is 124 Å². The average Bonchev–Trinajstić information content (AvgIpc) is 3.15. The first kappa shape index (κ1) is 13.2. The number of fused-ring (bicyclic) bond motifs is 1. The average molecular weight is 287 g/mol. The fraction of sp³-hybridized carbons (Fsp3) is 0.625. The molecule has 0 amide bonds. The van der Waals surface area contributed by atoms with E-state index in [9.17, 15) is 0 Å². The van der Waals surface area contributed by atoms with E-state index in [2.05, 4.69) is 15.6 Å². The van der Waals surface area contributed by atoms with Gasteiger partial charge in [0.05, 0.1) is 12.6 Å². The second-order valence-electron chi connectivity index (χ2n) is 6.05. The number of ether oxygens (including phenoxy) is 2. The fourth-order valence-corrected chi connectivity index (χ4v) is 3.43. The minimum absolute atomic E-state index is 0.371. The van der Waals surface area contributed by atoms with Crippen LogP contribution < -0.4 is 0 Å². The van der Waals surface area contributed by atoms with Crippen molar-refractivity contribution in [2.75, 3.05) is 26.4 Å². The lowest BCUT2D eigenvalue weighted by atomic mass is 10.0. The van der Waals surface area contributed by atoms with E-state index >= 15 is 0 Å². The van der Waals surface area contributed by atoms with Crippen molar-refractivity contribution in [2.24, 2.45) is 5.92 Å². The summed E-state index contributed by atoms with van der Waals surface area (Å²) in [5.41, 5.74) is 2.00. The Morgan fingerprint density at radius 1 is 1.19 bits per heavy atom. The summed E-state index contributed by atoms with van der Waals surface area (Å²) in [7, 11) is 0. The predicted octanol–water partition coefficient (Wildman–Crippen LogP) is 2.36. The molecule has 2 aromatic rings. The monoisotopic (exact) mass is 287 g/mol. The lowest BCUT2D eigenvalue weighted by Gasteiger charge is -2.25. The second-order valence-corrected chi connectivity index (χ2v) is 6.05. The van der Waals surface area contributed by atoms with Gasteiger partial charge in [0.1, 0.15) is 11.3 Å². The van der Waals surface area contributed by atoms with Crippen molar-refractivity contribution in [3.05, 3.63) is 24.2 Å². The molecule has 112 valence electrons. The van der Waals surface area contributed by atoms with Gasteiger partial charge < -0.3 is 14.0 Å². The van der Waals surface area contributed by atoms with Crippen molar-refractivity contribution in [1.82, 2.24) is 14.5 Å². The van der Waals surface area contributed by atoms with E-state index in [-0.39, 0.29) is 0 Å². The Hall–Kier alpha value is -1.46. The Morgan fingerprint density at radius 3 is 2.95 bits per heavy atom. The quantitative estimate of drug-likeness (QED) is 0.869. The molecule has 2 aromatic heterocycles. The van der Waals surface area contributed by atoms with Crippen molar-refractivity contribution in [2.45, 2.75) is 31.7 Å². The van der Waals surface area contributed by atoms with E-state index in [1.54, 1.807) is 0 Å². The van der Waals surface area contributed by atoms with Crippen LogP contribution in [0.3, 0.4) is 0 Å². The molecule has 0 bridgehead atoms. The number of nitrogens with zero attached hydrogens (tertiary/aromatic N) is 3. The highest BCUT2D eigenvalue weighted by Crippen LogP contribution is 2.28. The summed E-state index contributed by atoms with van der Waals surface area (Å²) < 4.78 is 13.5. The summed E-state index contributed by atoms with van der Waals surface area (Å²) in [5, 5.41) is 0. The molecule has 5 heteroatoms. The highest BCUT2D eigenvalue weighted by Gasteiger charge is 2.25. The van der Waals surface area contributed by atoms with Gasteiger partial charge in [0.2, 0.25) is 0 Å². The fourth-order valence-electron chi connectivity index (χ4n) is 3.43. The van der Waals surface area contributed by atoms with Gasteiger partial charge in [-0.2, -0.15) is 0 Å². The largest absolute Gasteiger partial charge is 0.381 e. The Bertz CT molecular complexity index is 613. The van der Waals surface area contributed by atoms with E-state index in [1.165, 1.54) is 0 Å². The van der Waals surface area contributed by atoms with Gasteiger partial charge in [-0.3, -0.25) is 0 Å².